The zero-order valence-corrected chi connectivity index (χ0v) is 17.5. The summed E-state index contributed by atoms with van der Waals surface area (Å²) in [5.74, 6) is -0.550. The van der Waals surface area contributed by atoms with E-state index in [2.05, 4.69) is 10.2 Å². The number of hydrogen-bond acceptors (Lipinski definition) is 3. The lowest BCUT2D eigenvalue weighted by Crippen LogP contribution is -2.29. The van der Waals surface area contributed by atoms with Crippen LogP contribution in [0.1, 0.15) is 40.7 Å². The van der Waals surface area contributed by atoms with Crippen LogP contribution in [0, 0.1) is 5.82 Å². The number of ether oxygens (including phenoxy) is 1. The van der Waals surface area contributed by atoms with Gasteiger partial charge in [-0.3, -0.25) is 9.69 Å². The minimum absolute atomic E-state index is 0.223. The van der Waals surface area contributed by atoms with E-state index in [0.29, 0.717) is 18.0 Å². The van der Waals surface area contributed by atoms with E-state index in [-0.39, 0.29) is 11.5 Å². The number of carbonyl (C=O) groups is 1. The van der Waals surface area contributed by atoms with Gasteiger partial charge in [0.1, 0.15) is 18.2 Å². The third-order valence-corrected chi connectivity index (χ3v) is 5.45. The predicted octanol–water partition coefficient (Wildman–Crippen LogP) is 5.64. The quantitative estimate of drug-likeness (QED) is 0.540. The van der Waals surface area contributed by atoms with Gasteiger partial charge in [0.15, 0.2) is 0 Å². The van der Waals surface area contributed by atoms with Gasteiger partial charge in [-0.1, -0.05) is 48.9 Å². The summed E-state index contributed by atoms with van der Waals surface area (Å²) in [7, 11) is 0. The Bertz CT molecular complexity index is 1000. The third-order valence-electron chi connectivity index (χ3n) is 5.45. The fourth-order valence-electron chi connectivity index (χ4n) is 3.79. The number of rotatable bonds is 7. The van der Waals surface area contributed by atoms with Gasteiger partial charge in [0.05, 0.1) is 0 Å². The Labute approximate surface area is 182 Å². The molecule has 1 fully saturated rings. The maximum atomic E-state index is 14.1. The predicted molar refractivity (Wildman–Crippen MR) is 121 cm³/mol. The number of anilines is 1. The van der Waals surface area contributed by atoms with Gasteiger partial charge >= 0.3 is 0 Å². The molecule has 1 aliphatic rings. The lowest BCUT2D eigenvalue weighted by atomic mass is 10.1. The number of amides is 1. The standard InChI is InChI=1S/C26H27FN2O2/c27-23-15-22(16-25(17-23)31-19-21-7-3-1-4-8-21)26(30)28-24-11-9-20(10-12-24)18-29-13-5-2-6-14-29/h1,3-4,7-12,15-17H,2,5-6,13-14,18-19H2,(H,28,30). The van der Waals surface area contributed by atoms with Crippen LogP contribution in [0.3, 0.4) is 0 Å². The molecular weight excluding hydrogens is 391 g/mol. The molecule has 1 N–H and O–H groups in total. The number of hydrogen-bond donors (Lipinski definition) is 1. The molecule has 5 heteroatoms. The molecule has 0 aliphatic carbocycles. The molecule has 31 heavy (non-hydrogen) atoms. The SMILES string of the molecule is O=C(Nc1ccc(CN2CCCCC2)cc1)c1cc(F)cc(OCc2ccccc2)c1. The van der Waals surface area contributed by atoms with Crippen LogP contribution in [-0.2, 0) is 13.2 Å². The molecule has 1 heterocycles. The highest BCUT2D eigenvalue weighted by Crippen LogP contribution is 2.20. The summed E-state index contributed by atoms with van der Waals surface area (Å²) in [6, 6.07) is 21.5. The van der Waals surface area contributed by atoms with Crippen molar-refractivity contribution in [1.29, 1.82) is 0 Å². The molecule has 3 aromatic rings. The summed E-state index contributed by atoms with van der Waals surface area (Å²) >= 11 is 0. The van der Waals surface area contributed by atoms with Crippen molar-refractivity contribution in [1.82, 2.24) is 4.90 Å². The molecule has 0 bridgehead atoms. The van der Waals surface area contributed by atoms with E-state index < -0.39 is 5.82 Å². The van der Waals surface area contributed by atoms with E-state index in [1.54, 1.807) is 6.07 Å². The van der Waals surface area contributed by atoms with Crippen LogP contribution >= 0.6 is 0 Å². The second kappa shape index (κ2) is 10.2. The molecule has 1 aliphatic heterocycles. The number of likely N-dealkylation sites (tertiary alicyclic amines) is 1. The van der Waals surface area contributed by atoms with Crippen molar-refractivity contribution in [2.24, 2.45) is 0 Å². The fraction of sp³-hybridized carbons (Fsp3) is 0.269. The molecule has 0 aromatic heterocycles. The Kier molecular flexibility index (Phi) is 6.95. The topological polar surface area (TPSA) is 41.6 Å². The Hall–Kier alpha value is -3.18. The lowest BCUT2D eigenvalue weighted by molar-refractivity contribution is 0.102. The fourth-order valence-corrected chi connectivity index (χ4v) is 3.79. The van der Waals surface area contributed by atoms with Crippen molar-refractivity contribution in [2.45, 2.75) is 32.4 Å². The minimum Gasteiger partial charge on any atom is -0.489 e. The number of halogens is 1. The molecule has 160 valence electrons. The first-order valence-electron chi connectivity index (χ1n) is 10.8. The van der Waals surface area contributed by atoms with Crippen LogP contribution in [-0.4, -0.2) is 23.9 Å². The Morgan fingerprint density at radius 1 is 0.903 bits per heavy atom. The number of nitrogens with zero attached hydrogens (tertiary/aromatic N) is 1. The third kappa shape index (κ3) is 6.15. The van der Waals surface area contributed by atoms with Crippen molar-refractivity contribution in [3.8, 4) is 5.75 Å². The molecule has 0 atom stereocenters. The van der Waals surface area contributed by atoms with Crippen molar-refractivity contribution in [3.05, 3.63) is 95.3 Å². The van der Waals surface area contributed by atoms with Gasteiger partial charge in [0.2, 0.25) is 0 Å². The van der Waals surface area contributed by atoms with Crippen LogP contribution in [0.5, 0.6) is 5.75 Å². The van der Waals surface area contributed by atoms with Crippen LogP contribution in [0.4, 0.5) is 10.1 Å². The maximum Gasteiger partial charge on any atom is 0.255 e. The highest BCUT2D eigenvalue weighted by atomic mass is 19.1. The zero-order chi connectivity index (χ0) is 21.5. The van der Waals surface area contributed by atoms with Crippen LogP contribution in [0.25, 0.3) is 0 Å². The maximum absolute atomic E-state index is 14.1. The van der Waals surface area contributed by atoms with Crippen LogP contribution in [0.2, 0.25) is 0 Å². The van der Waals surface area contributed by atoms with Gasteiger partial charge < -0.3 is 10.1 Å². The van der Waals surface area contributed by atoms with Gasteiger partial charge in [0, 0.05) is 23.9 Å². The van der Waals surface area contributed by atoms with Gasteiger partial charge in [0.25, 0.3) is 5.91 Å². The first-order valence-corrected chi connectivity index (χ1v) is 10.8. The molecule has 4 nitrogen and oxygen atoms in total. The van der Waals surface area contributed by atoms with Crippen molar-refractivity contribution in [3.63, 3.8) is 0 Å². The van der Waals surface area contributed by atoms with Gasteiger partial charge in [-0.15, -0.1) is 0 Å². The molecule has 1 saturated heterocycles. The summed E-state index contributed by atoms with van der Waals surface area (Å²) in [6.45, 7) is 3.53. The first kappa shape index (κ1) is 21.1. The second-order valence-corrected chi connectivity index (χ2v) is 7.94. The van der Waals surface area contributed by atoms with Crippen molar-refractivity contribution < 1.29 is 13.9 Å². The molecule has 0 radical (unpaired) electrons. The zero-order valence-electron chi connectivity index (χ0n) is 17.5. The normalized spacial score (nSPS) is 14.2. The molecular formula is C26H27FN2O2. The van der Waals surface area contributed by atoms with Crippen LogP contribution in [0.15, 0.2) is 72.8 Å². The van der Waals surface area contributed by atoms with Crippen molar-refractivity contribution in [2.75, 3.05) is 18.4 Å². The highest BCUT2D eigenvalue weighted by Gasteiger charge is 2.12. The van der Waals surface area contributed by atoms with E-state index >= 15 is 0 Å². The lowest BCUT2D eigenvalue weighted by Gasteiger charge is -2.26. The van der Waals surface area contributed by atoms with Crippen molar-refractivity contribution >= 4 is 11.6 Å². The summed E-state index contributed by atoms with van der Waals surface area (Å²) in [4.78, 5) is 15.1. The number of carbonyl (C=O) groups excluding carboxylic acids is 1. The average molecular weight is 419 g/mol. The van der Waals surface area contributed by atoms with Crippen LogP contribution < -0.4 is 10.1 Å². The van der Waals surface area contributed by atoms with Gasteiger partial charge in [-0.25, -0.2) is 4.39 Å². The molecule has 0 saturated carbocycles. The number of piperidine rings is 1. The number of benzene rings is 3. The van der Waals surface area contributed by atoms with E-state index in [1.807, 2.05) is 54.6 Å². The van der Waals surface area contributed by atoms with E-state index in [9.17, 15) is 9.18 Å². The minimum atomic E-state index is -0.507. The molecule has 0 unspecified atom stereocenters. The van der Waals surface area contributed by atoms with E-state index in [0.717, 1.165) is 25.2 Å². The second-order valence-electron chi connectivity index (χ2n) is 7.94. The summed E-state index contributed by atoms with van der Waals surface area (Å²) in [5.41, 5.74) is 3.11. The van der Waals surface area contributed by atoms with E-state index in [4.69, 9.17) is 4.74 Å². The highest BCUT2D eigenvalue weighted by molar-refractivity contribution is 6.04. The molecule has 1 amide bonds. The monoisotopic (exact) mass is 418 g/mol. The number of nitrogens with one attached hydrogen (secondary N) is 1. The Balaban J connectivity index is 1.36. The van der Waals surface area contributed by atoms with Gasteiger partial charge in [-0.05, 0) is 61.3 Å². The Morgan fingerprint density at radius 3 is 2.39 bits per heavy atom. The summed E-state index contributed by atoms with van der Waals surface area (Å²) < 4.78 is 19.7. The summed E-state index contributed by atoms with van der Waals surface area (Å²) in [5, 5.41) is 2.84. The van der Waals surface area contributed by atoms with Gasteiger partial charge in [-0.2, -0.15) is 0 Å². The average Bonchev–Trinajstić information content (AvgIpc) is 2.80. The smallest absolute Gasteiger partial charge is 0.255 e. The summed E-state index contributed by atoms with van der Waals surface area (Å²) in [6.07, 6.45) is 3.85. The molecule has 0 spiro atoms. The first-order chi connectivity index (χ1) is 15.2. The largest absolute Gasteiger partial charge is 0.489 e. The Morgan fingerprint density at radius 2 is 1.65 bits per heavy atom. The van der Waals surface area contributed by atoms with E-state index in [1.165, 1.54) is 37.0 Å². The molecule has 3 aromatic carbocycles. The molecule has 4 rings (SSSR count).